The summed E-state index contributed by atoms with van der Waals surface area (Å²) in [7, 11) is 0. The van der Waals surface area contributed by atoms with Crippen LogP contribution in [0.4, 0.5) is 30.5 Å². The van der Waals surface area contributed by atoms with E-state index in [0.717, 1.165) is 39.1 Å². The fourth-order valence-corrected chi connectivity index (χ4v) is 6.92. The second kappa shape index (κ2) is 13.4. The maximum absolute atomic E-state index is 13.9. The Balaban J connectivity index is 1.17. The van der Waals surface area contributed by atoms with Crippen molar-refractivity contribution in [2.45, 2.75) is 38.3 Å². The number of fused-ring (bicyclic) bond motifs is 2. The smallest absolute Gasteiger partial charge is 0.435 e. The lowest BCUT2D eigenvalue weighted by Gasteiger charge is -2.37. The fourth-order valence-electron chi connectivity index (χ4n) is 6.00. The number of ether oxygens (including phenoxy) is 2. The minimum absolute atomic E-state index is 0.0342. The molecule has 1 fully saturated rings. The van der Waals surface area contributed by atoms with Crippen LogP contribution in [0.1, 0.15) is 50.6 Å². The Morgan fingerprint density at radius 3 is 2.43 bits per heavy atom. The maximum atomic E-state index is 13.9. The number of nitrogens with two attached hydrogens (primary N) is 1. The van der Waals surface area contributed by atoms with E-state index in [-0.39, 0.29) is 56.3 Å². The number of alkyl halides is 3. The van der Waals surface area contributed by atoms with Gasteiger partial charge in [-0.25, -0.2) is 9.58 Å². The quantitative estimate of drug-likeness (QED) is 0.172. The van der Waals surface area contributed by atoms with Gasteiger partial charge in [-0.1, -0.05) is 12.1 Å². The molecule has 21 heteroatoms. The number of benzene rings is 2. The first-order valence-corrected chi connectivity index (χ1v) is 16.5. The van der Waals surface area contributed by atoms with Crippen molar-refractivity contribution >= 4 is 74.4 Å². The lowest BCUT2D eigenvalue weighted by molar-refractivity contribution is -0.171. The maximum Gasteiger partial charge on any atom is 0.435 e. The summed E-state index contributed by atoms with van der Waals surface area (Å²) in [6.07, 6.45) is -6.93. The monoisotopic (exact) mass is 763 g/mol. The first-order chi connectivity index (χ1) is 25.6. The molecule has 0 saturated carbocycles. The first kappa shape index (κ1) is 35.8. The predicted molar refractivity (Wildman–Crippen MR) is 181 cm³/mol. The van der Waals surface area contributed by atoms with Gasteiger partial charge in [0.05, 0.1) is 51.6 Å². The summed E-state index contributed by atoms with van der Waals surface area (Å²) in [5.41, 5.74) is 4.28. The number of carbonyl (C=O) groups excluding carboxylic acids is 6. The van der Waals surface area contributed by atoms with E-state index in [1.54, 1.807) is 19.1 Å². The van der Waals surface area contributed by atoms with E-state index in [9.17, 15) is 41.9 Å². The van der Waals surface area contributed by atoms with E-state index in [1.807, 2.05) is 0 Å². The number of hydrogen-bond donors (Lipinski definition) is 2. The largest absolute Gasteiger partial charge is 0.449 e. The zero-order valence-electron chi connectivity index (χ0n) is 27.7. The predicted octanol–water partition coefficient (Wildman–Crippen LogP) is 2.88. The average Bonchev–Trinajstić information content (AvgIpc) is 3.84. The number of anilines is 3. The molecule has 3 atom stereocenters. The lowest BCUT2D eigenvalue weighted by atomic mass is 10.1. The van der Waals surface area contributed by atoms with Crippen LogP contribution in [0.15, 0.2) is 60.9 Å². The summed E-state index contributed by atoms with van der Waals surface area (Å²) >= 11 is 0.737. The Morgan fingerprint density at radius 2 is 1.78 bits per heavy atom. The number of carbonyl (C=O) groups is 6. The number of rotatable bonds is 8. The van der Waals surface area contributed by atoms with Crippen LogP contribution < -0.4 is 20.9 Å². The molecule has 0 aliphatic carbocycles. The molecule has 7 rings (SSSR count). The summed E-state index contributed by atoms with van der Waals surface area (Å²) in [6.45, 7) is 2.45. The molecule has 5 heterocycles. The lowest BCUT2D eigenvalue weighted by Crippen LogP contribution is -2.59. The SMILES string of the molecule is CC(=O)O[C@@H](C(=O)Nc1ccc2c(N3C(=O)c4ccccc4C3=O)nsc2c1C(N)=O)[C@H]1O[C@@H](C)CN(c2ccn(-c3cnnc(C(F)(F)F)c3)n2)C1=O. The molecular formula is C33H24F3N9O8S. The van der Waals surface area contributed by atoms with E-state index in [2.05, 4.69) is 25.0 Å². The van der Waals surface area contributed by atoms with Crippen molar-refractivity contribution in [3.8, 4) is 5.69 Å². The van der Waals surface area contributed by atoms with E-state index >= 15 is 0 Å². The Labute approximate surface area is 304 Å². The summed E-state index contributed by atoms with van der Waals surface area (Å²) in [4.78, 5) is 81.1. The summed E-state index contributed by atoms with van der Waals surface area (Å²) in [5, 5.41) is 13.3. The normalized spacial score (nSPS) is 17.8. The number of nitrogens with one attached hydrogen (secondary N) is 1. The molecule has 5 aromatic rings. The van der Waals surface area contributed by atoms with Crippen LogP contribution in [0.5, 0.6) is 0 Å². The van der Waals surface area contributed by atoms with Gasteiger partial charge in [-0.2, -0.15) is 22.6 Å². The summed E-state index contributed by atoms with van der Waals surface area (Å²) < 4.78 is 56.2. The van der Waals surface area contributed by atoms with Crippen LogP contribution in [-0.4, -0.2) is 84.7 Å². The van der Waals surface area contributed by atoms with Crippen LogP contribution in [0.2, 0.25) is 0 Å². The molecule has 3 aromatic heterocycles. The number of halogens is 3. The van der Waals surface area contributed by atoms with E-state index in [0.29, 0.717) is 6.07 Å². The summed E-state index contributed by atoms with van der Waals surface area (Å²) in [6, 6.07) is 10.9. The molecular weight excluding hydrogens is 739 g/mol. The highest BCUT2D eigenvalue weighted by molar-refractivity contribution is 7.14. The molecule has 54 heavy (non-hydrogen) atoms. The van der Waals surface area contributed by atoms with Gasteiger partial charge in [0.15, 0.2) is 23.4 Å². The number of hydrogen-bond acceptors (Lipinski definition) is 13. The van der Waals surface area contributed by atoms with Gasteiger partial charge in [0, 0.05) is 24.6 Å². The fraction of sp³-hybridized carbons (Fsp3) is 0.212. The Morgan fingerprint density at radius 1 is 1.07 bits per heavy atom. The topological polar surface area (TPSA) is 222 Å². The molecule has 0 unspecified atom stereocenters. The Kier molecular flexibility index (Phi) is 8.89. The third-order valence-electron chi connectivity index (χ3n) is 8.33. The minimum atomic E-state index is -4.77. The van der Waals surface area contributed by atoms with Gasteiger partial charge in [0.1, 0.15) is 0 Å². The van der Waals surface area contributed by atoms with Gasteiger partial charge >= 0.3 is 12.1 Å². The zero-order chi connectivity index (χ0) is 38.6. The van der Waals surface area contributed by atoms with Crippen LogP contribution in [0.25, 0.3) is 15.8 Å². The molecule has 5 amide bonds. The molecule has 2 aliphatic heterocycles. The number of esters is 1. The highest BCUT2D eigenvalue weighted by Gasteiger charge is 2.46. The average molecular weight is 764 g/mol. The first-order valence-electron chi connectivity index (χ1n) is 15.7. The van der Waals surface area contributed by atoms with E-state index in [1.165, 1.54) is 36.5 Å². The van der Waals surface area contributed by atoms with Crippen LogP contribution in [0.3, 0.4) is 0 Å². The van der Waals surface area contributed by atoms with Crippen molar-refractivity contribution in [3.05, 3.63) is 83.3 Å². The molecule has 1 saturated heterocycles. The molecule has 0 bridgehead atoms. The second-order valence-corrected chi connectivity index (χ2v) is 12.8. The Bertz CT molecular complexity index is 2380. The van der Waals surface area contributed by atoms with Crippen LogP contribution in [-0.2, 0) is 30.0 Å². The highest BCUT2D eigenvalue weighted by Crippen LogP contribution is 2.39. The number of morpholine rings is 1. The third kappa shape index (κ3) is 6.27. The van der Waals surface area contributed by atoms with Crippen molar-refractivity contribution < 1.29 is 51.4 Å². The van der Waals surface area contributed by atoms with Gasteiger partial charge in [-0.15, -0.1) is 10.2 Å². The molecule has 276 valence electrons. The molecule has 2 aromatic carbocycles. The number of imide groups is 1. The van der Waals surface area contributed by atoms with Crippen molar-refractivity contribution in [2.24, 2.45) is 5.73 Å². The Hall–Kier alpha value is -6.61. The van der Waals surface area contributed by atoms with Crippen LogP contribution in [0, 0.1) is 0 Å². The minimum Gasteiger partial charge on any atom is -0.449 e. The van der Waals surface area contributed by atoms with E-state index < -0.39 is 65.7 Å². The molecule has 2 aliphatic rings. The molecule has 0 radical (unpaired) electrons. The van der Waals surface area contributed by atoms with E-state index in [4.69, 9.17) is 15.2 Å². The molecule has 17 nitrogen and oxygen atoms in total. The van der Waals surface area contributed by atoms with Crippen molar-refractivity contribution in [2.75, 3.05) is 21.7 Å². The van der Waals surface area contributed by atoms with Gasteiger partial charge in [0.2, 0.25) is 6.10 Å². The molecule has 3 N–H and O–H groups in total. The number of aromatic nitrogens is 5. The highest BCUT2D eigenvalue weighted by atomic mass is 32.1. The number of nitrogens with zero attached hydrogens (tertiary/aromatic N) is 7. The second-order valence-electron chi connectivity index (χ2n) is 12.0. The third-order valence-corrected chi connectivity index (χ3v) is 9.20. The van der Waals surface area contributed by atoms with Crippen molar-refractivity contribution in [1.29, 1.82) is 0 Å². The van der Waals surface area contributed by atoms with Gasteiger partial charge in [0.25, 0.3) is 29.5 Å². The molecule has 0 spiro atoms. The number of primary amides is 1. The van der Waals surface area contributed by atoms with Crippen molar-refractivity contribution in [1.82, 2.24) is 24.4 Å². The van der Waals surface area contributed by atoms with Crippen molar-refractivity contribution in [3.63, 3.8) is 0 Å². The number of amides is 5. The van der Waals surface area contributed by atoms with Crippen LogP contribution >= 0.6 is 11.5 Å². The standard InChI is InChI=1S/C33H24F3N9O8S/c1-14-13-43(22-9-10-44(41-22)16-11-21(33(34,35)36)40-38-12-16)32(51)25(52-14)24(53-15(2)46)29(48)39-20-8-7-19-26(23(20)27(37)47)54-42-28(19)45-30(49)17-5-3-4-6-18(17)31(45)50/h3-12,14,24-25H,13H2,1-2H3,(H2,37,47)(H,39,48)/t14-,24+,25+/m0/s1. The zero-order valence-corrected chi connectivity index (χ0v) is 28.5. The van der Waals surface area contributed by atoms with Gasteiger partial charge < -0.3 is 20.5 Å². The summed E-state index contributed by atoms with van der Waals surface area (Å²) in [5.74, 6) is -5.32. The van der Waals surface area contributed by atoms with Gasteiger partial charge in [-0.05, 0) is 48.8 Å². The van der Waals surface area contributed by atoms with Gasteiger partial charge in [-0.3, -0.25) is 33.7 Å².